The van der Waals surface area contributed by atoms with E-state index in [1.807, 2.05) is 52.0 Å². The molecular weight excluding hydrogens is 266 g/mol. The van der Waals surface area contributed by atoms with E-state index in [1.165, 1.54) is 0 Å². The fraction of sp³-hybridized carbons (Fsp3) is 0.562. The van der Waals surface area contributed by atoms with Gasteiger partial charge in [0.2, 0.25) is 5.91 Å². The predicted octanol–water partition coefficient (Wildman–Crippen LogP) is 1.82. The Hall–Kier alpha value is -1.59. The highest BCUT2D eigenvalue weighted by molar-refractivity contribution is 5.95. The number of benzene rings is 1. The lowest BCUT2D eigenvalue weighted by atomic mass is 9.87. The van der Waals surface area contributed by atoms with Gasteiger partial charge < -0.3 is 21.1 Å². The van der Waals surface area contributed by atoms with E-state index in [2.05, 4.69) is 10.2 Å². The lowest BCUT2D eigenvalue weighted by Crippen LogP contribution is -2.45. The van der Waals surface area contributed by atoms with Crippen molar-refractivity contribution in [2.75, 3.05) is 29.9 Å². The molecule has 0 heterocycles. The largest absolute Gasteiger partial charge is 0.395 e. The van der Waals surface area contributed by atoms with Crippen molar-refractivity contribution < 1.29 is 9.90 Å². The van der Waals surface area contributed by atoms with Crippen LogP contribution in [0.2, 0.25) is 0 Å². The molecule has 1 rings (SSSR count). The lowest BCUT2D eigenvalue weighted by Gasteiger charge is -2.26. The van der Waals surface area contributed by atoms with Gasteiger partial charge in [0.15, 0.2) is 0 Å². The standard InChI is InChI=1S/C16H27N3O2/c1-5-19(10-11-20)13-8-6-12(7-9-13)18-15(21)14(17)16(2,3)4/h6-9,14,20H,5,10-11,17H2,1-4H3,(H,18,21)/t14-/m0/s1. The predicted molar refractivity (Wildman–Crippen MR) is 87.5 cm³/mol. The van der Waals surface area contributed by atoms with E-state index in [-0.39, 0.29) is 17.9 Å². The molecule has 0 unspecified atom stereocenters. The van der Waals surface area contributed by atoms with Gasteiger partial charge in [0.05, 0.1) is 12.6 Å². The normalized spacial score (nSPS) is 12.9. The molecule has 21 heavy (non-hydrogen) atoms. The Morgan fingerprint density at radius 1 is 1.33 bits per heavy atom. The number of amides is 1. The molecule has 1 atom stereocenters. The number of anilines is 2. The zero-order valence-corrected chi connectivity index (χ0v) is 13.4. The molecule has 0 aromatic heterocycles. The Bertz CT molecular complexity index is 452. The molecule has 0 radical (unpaired) electrons. The van der Waals surface area contributed by atoms with Crippen LogP contribution in [0, 0.1) is 5.41 Å². The number of aliphatic hydroxyl groups excluding tert-OH is 1. The average Bonchev–Trinajstić information content (AvgIpc) is 2.44. The number of aliphatic hydroxyl groups is 1. The van der Waals surface area contributed by atoms with Crippen LogP contribution in [0.5, 0.6) is 0 Å². The molecule has 4 N–H and O–H groups in total. The maximum Gasteiger partial charge on any atom is 0.241 e. The van der Waals surface area contributed by atoms with E-state index in [4.69, 9.17) is 10.8 Å². The summed E-state index contributed by atoms with van der Waals surface area (Å²) in [5, 5.41) is 11.9. The molecule has 0 aliphatic heterocycles. The van der Waals surface area contributed by atoms with Crippen molar-refractivity contribution in [2.24, 2.45) is 11.1 Å². The molecule has 5 nitrogen and oxygen atoms in total. The first-order chi connectivity index (χ1) is 9.79. The smallest absolute Gasteiger partial charge is 0.241 e. The minimum atomic E-state index is -0.557. The first kappa shape index (κ1) is 17.5. The molecule has 1 amide bonds. The van der Waals surface area contributed by atoms with Crippen LogP contribution in [0.4, 0.5) is 11.4 Å². The van der Waals surface area contributed by atoms with E-state index in [0.717, 1.165) is 17.9 Å². The summed E-state index contributed by atoms with van der Waals surface area (Å²) in [6, 6.07) is 7.00. The number of rotatable bonds is 6. The fourth-order valence-corrected chi connectivity index (χ4v) is 1.96. The monoisotopic (exact) mass is 293 g/mol. The summed E-state index contributed by atoms with van der Waals surface area (Å²) in [6.07, 6.45) is 0. The Kier molecular flexibility index (Phi) is 6.18. The molecule has 118 valence electrons. The van der Waals surface area contributed by atoms with Crippen molar-refractivity contribution in [3.8, 4) is 0 Å². The third-order valence-electron chi connectivity index (χ3n) is 3.47. The van der Waals surface area contributed by atoms with Gasteiger partial charge in [0, 0.05) is 24.5 Å². The minimum absolute atomic E-state index is 0.118. The van der Waals surface area contributed by atoms with Crippen LogP contribution >= 0.6 is 0 Å². The molecular formula is C16H27N3O2. The third-order valence-corrected chi connectivity index (χ3v) is 3.47. The van der Waals surface area contributed by atoms with Gasteiger partial charge in [-0.3, -0.25) is 4.79 Å². The number of nitrogens with one attached hydrogen (secondary N) is 1. The summed E-state index contributed by atoms with van der Waals surface area (Å²) >= 11 is 0. The second-order valence-electron chi connectivity index (χ2n) is 6.18. The highest BCUT2D eigenvalue weighted by atomic mass is 16.3. The van der Waals surface area contributed by atoms with Crippen molar-refractivity contribution >= 4 is 17.3 Å². The summed E-state index contributed by atoms with van der Waals surface area (Å²) in [7, 11) is 0. The highest BCUT2D eigenvalue weighted by Crippen LogP contribution is 2.21. The number of carbonyl (C=O) groups excluding carboxylic acids is 1. The fourth-order valence-electron chi connectivity index (χ4n) is 1.96. The van der Waals surface area contributed by atoms with E-state index in [9.17, 15) is 4.79 Å². The number of hydrogen-bond acceptors (Lipinski definition) is 4. The second-order valence-corrected chi connectivity index (χ2v) is 6.18. The third kappa shape index (κ3) is 5.02. The molecule has 0 bridgehead atoms. The molecule has 0 aliphatic rings. The van der Waals surface area contributed by atoms with Gasteiger partial charge in [-0.15, -0.1) is 0 Å². The zero-order chi connectivity index (χ0) is 16.0. The van der Waals surface area contributed by atoms with Crippen molar-refractivity contribution in [2.45, 2.75) is 33.7 Å². The topological polar surface area (TPSA) is 78.6 Å². The number of likely N-dealkylation sites (N-methyl/N-ethyl adjacent to an activating group) is 1. The van der Waals surface area contributed by atoms with Crippen LogP contribution in [0.3, 0.4) is 0 Å². The van der Waals surface area contributed by atoms with E-state index in [0.29, 0.717) is 6.54 Å². The van der Waals surface area contributed by atoms with Gasteiger partial charge in [-0.05, 0) is 36.6 Å². The molecule has 0 saturated carbocycles. The van der Waals surface area contributed by atoms with Crippen LogP contribution in [-0.2, 0) is 4.79 Å². The van der Waals surface area contributed by atoms with Crippen LogP contribution in [0.25, 0.3) is 0 Å². The van der Waals surface area contributed by atoms with Gasteiger partial charge >= 0.3 is 0 Å². The summed E-state index contributed by atoms with van der Waals surface area (Å²) < 4.78 is 0. The summed E-state index contributed by atoms with van der Waals surface area (Å²) in [4.78, 5) is 14.1. The SMILES string of the molecule is CCN(CCO)c1ccc(NC(=O)[C@H](N)C(C)(C)C)cc1. The zero-order valence-electron chi connectivity index (χ0n) is 13.4. The van der Waals surface area contributed by atoms with Crippen LogP contribution in [0.1, 0.15) is 27.7 Å². The first-order valence-electron chi connectivity index (χ1n) is 7.32. The molecule has 0 spiro atoms. The van der Waals surface area contributed by atoms with Crippen molar-refractivity contribution in [1.29, 1.82) is 0 Å². The Labute approximate surface area is 127 Å². The molecule has 1 aromatic carbocycles. The van der Waals surface area contributed by atoms with E-state index >= 15 is 0 Å². The van der Waals surface area contributed by atoms with Gasteiger partial charge in [0.1, 0.15) is 0 Å². The lowest BCUT2D eigenvalue weighted by molar-refractivity contribution is -0.119. The van der Waals surface area contributed by atoms with Gasteiger partial charge in [-0.1, -0.05) is 20.8 Å². The highest BCUT2D eigenvalue weighted by Gasteiger charge is 2.27. The van der Waals surface area contributed by atoms with Crippen molar-refractivity contribution in [3.63, 3.8) is 0 Å². The molecule has 5 heteroatoms. The van der Waals surface area contributed by atoms with Gasteiger partial charge in [-0.2, -0.15) is 0 Å². The van der Waals surface area contributed by atoms with E-state index in [1.54, 1.807) is 0 Å². The van der Waals surface area contributed by atoms with Crippen LogP contribution < -0.4 is 16.0 Å². The summed E-state index contributed by atoms with van der Waals surface area (Å²) in [5.74, 6) is -0.182. The Morgan fingerprint density at radius 2 is 1.90 bits per heavy atom. The number of carbonyl (C=O) groups is 1. The summed E-state index contributed by atoms with van der Waals surface area (Å²) in [6.45, 7) is 9.38. The van der Waals surface area contributed by atoms with Gasteiger partial charge in [0.25, 0.3) is 0 Å². The van der Waals surface area contributed by atoms with Gasteiger partial charge in [-0.25, -0.2) is 0 Å². The van der Waals surface area contributed by atoms with Crippen LogP contribution in [-0.4, -0.2) is 36.8 Å². The van der Waals surface area contributed by atoms with Crippen LogP contribution in [0.15, 0.2) is 24.3 Å². The molecule has 0 fully saturated rings. The number of nitrogens with zero attached hydrogens (tertiary/aromatic N) is 1. The maximum absolute atomic E-state index is 12.1. The van der Waals surface area contributed by atoms with E-state index < -0.39 is 6.04 Å². The summed E-state index contributed by atoms with van der Waals surface area (Å²) in [5.41, 5.74) is 7.40. The minimum Gasteiger partial charge on any atom is -0.395 e. The molecule has 0 aliphatic carbocycles. The molecule has 0 saturated heterocycles. The quantitative estimate of drug-likeness (QED) is 0.747. The van der Waals surface area contributed by atoms with Crippen molar-refractivity contribution in [3.05, 3.63) is 24.3 Å². The molecule has 1 aromatic rings. The Morgan fingerprint density at radius 3 is 2.33 bits per heavy atom. The number of nitrogens with two attached hydrogens (primary N) is 1. The maximum atomic E-state index is 12.1. The number of hydrogen-bond donors (Lipinski definition) is 3. The van der Waals surface area contributed by atoms with Crippen molar-refractivity contribution in [1.82, 2.24) is 0 Å². The first-order valence-corrected chi connectivity index (χ1v) is 7.32. The Balaban J connectivity index is 2.73. The average molecular weight is 293 g/mol. The second kappa shape index (κ2) is 7.43.